The van der Waals surface area contributed by atoms with E-state index in [1.54, 1.807) is 12.1 Å². The van der Waals surface area contributed by atoms with E-state index in [4.69, 9.17) is 9.15 Å². The standard InChI is InChI=1S/C22H23NO5/c24-17(11-10-15-6-2-1-3-7-15)19-20(18-9-5-13-28-18)23(22(26)21(19)25)14-16-8-4-12-27-16/h1-3,5-7,9,13,16,20,25H,4,8,10-12,14H2. The minimum atomic E-state index is -0.713. The van der Waals surface area contributed by atoms with Crippen molar-refractivity contribution in [1.82, 2.24) is 4.90 Å². The molecule has 2 aliphatic heterocycles. The van der Waals surface area contributed by atoms with Gasteiger partial charge >= 0.3 is 0 Å². The Morgan fingerprint density at radius 2 is 2.00 bits per heavy atom. The summed E-state index contributed by atoms with van der Waals surface area (Å²) in [6.45, 7) is 0.990. The third-order valence-electron chi connectivity index (χ3n) is 5.32. The van der Waals surface area contributed by atoms with E-state index in [0.29, 0.717) is 25.3 Å². The molecule has 4 rings (SSSR count). The molecule has 28 heavy (non-hydrogen) atoms. The van der Waals surface area contributed by atoms with Gasteiger partial charge in [-0.3, -0.25) is 9.59 Å². The number of aryl methyl sites for hydroxylation is 1. The summed E-state index contributed by atoms with van der Waals surface area (Å²) in [6.07, 6.45) is 3.97. The number of hydrogen-bond acceptors (Lipinski definition) is 5. The first-order valence-corrected chi connectivity index (χ1v) is 9.61. The van der Waals surface area contributed by atoms with Crippen LogP contribution < -0.4 is 0 Å². The maximum Gasteiger partial charge on any atom is 0.290 e. The van der Waals surface area contributed by atoms with Crippen LogP contribution >= 0.6 is 0 Å². The van der Waals surface area contributed by atoms with E-state index >= 15 is 0 Å². The number of Topliss-reactive ketones (excluding diaryl/α,β-unsaturated/α-hetero) is 1. The Morgan fingerprint density at radius 3 is 2.68 bits per heavy atom. The smallest absolute Gasteiger partial charge is 0.290 e. The largest absolute Gasteiger partial charge is 0.503 e. The van der Waals surface area contributed by atoms with Crippen molar-refractivity contribution >= 4 is 11.7 Å². The minimum absolute atomic E-state index is 0.0898. The molecule has 0 radical (unpaired) electrons. The van der Waals surface area contributed by atoms with Gasteiger partial charge in [-0.2, -0.15) is 0 Å². The molecule has 6 heteroatoms. The molecule has 146 valence electrons. The quantitative estimate of drug-likeness (QED) is 0.796. The highest BCUT2D eigenvalue weighted by Gasteiger charge is 2.45. The van der Waals surface area contributed by atoms with Gasteiger partial charge in [0.1, 0.15) is 11.8 Å². The van der Waals surface area contributed by atoms with Gasteiger partial charge < -0.3 is 19.2 Å². The fourth-order valence-electron chi connectivity index (χ4n) is 3.91. The van der Waals surface area contributed by atoms with E-state index < -0.39 is 17.7 Å². The van der Waals surface area contributed by atoms with Gasteiger partial charge in [-0.25, -0.2) is 0 Å². The predicted molar refractivity (Wildman–Crippen MR) is 102 cm³/mol. The van der Waals surface area contributed by atoms with Crippen LogP contribution in [0.1, 0.15) is 36.6 Å². The number of furan rings is 1. The van der Waals surface area contributed by atoms with E-state index in [-0.39, 0.29) is 23.9 Å². The number of aliphatic hydroxyl groups is 1. The summed E-state index contributed by atoms with van der Waals surface area (Å²) in [5.74, 6) is -0.790. The van der Waals surface area contributed by atoms with Crippen molar-refractivity contribution in [1.29, 1.82) is 0 Å². The van der Waals surface area contributed by atoms with Crippen LogP contribution in [0, 0.1) is 0 Å². The second-order valence-electron chi connectivity index (χ2n) is 7.18. The van der Waals surface area contributed by atoms with Crippen molar-refractivity contribution in [3.63, 3.8) is 0 Å². The first-order chi connectivity index (χ1) is 13.6. The van der Waals surface area contributed by atoms with Crippen LogP contribution in [0.25, 0.3) is 0 Å². The van der Waals surface area contributed by atoms with Gasteiger partial charge in [0.15, 0.2) is 11.5 Å². The summed E-state index contributed by atoms with van der Waals surface area (Å²) < 4.78 is 11.2. The molecule has 1 aromatic heterocycles. The van der Waals surface area contributed by atoms with Crippen molar-refractivity contribution < 1.29 is 23.8 Å². The van der Waals surface area contributed by atoms with E-state index in [0.717, 1.165) is 18.4 Å². The van der Waals surface area contributed by atoms with Crippen LogP contribution in [0.4, 0.5) is 0 Å². The maximum absolute atomic E-state index is 13.0. The molecule has 2 aliphatic rings. The molecule has 6 nitrogen and oxygen atoms in total. The van der Waals surface area contributed by atoms with Crippen molar-refractivity contribution in [2.75, 3.05) is 13.2 Å². The van der Waals surface area contributed by atoms with Crippen LogP contribution in [-0.2, 0) is 20.7 Å². The summed E-state index contributed by atoms with van der Waals surface area (Å²) in [5, 5.41) is 10.5. The Labute approximate surface area is 163 Å². The monoisotopic (exact) mass is 381 g/mol. The van der Waals surface area contributed by atoms with Crippen LogP contribution in [0.3, 0.4) is 0 Å². The number of benzene rings is 1. The van der Waals surface area contributed by atoms with Crippen molar-refractivity contribution in [2.45, 2.75) is 37.8 Å². The lowest BCUT2D eigenvalue weighted by atomic mass is 9.96. The van der Waals surface area contributed by atoms with Gasteiger partial charge in [0.05, 0.1) is 17.9 Å². The highest BCUT2D eigenvalue weighted by Crippen LogP contribution is 2.39. The Kier molecular flexibility index (Phi) is 5.30. The van der Waals surface area contributed by atoms with Gasteiger partial charge in [-0.15, -0.1) is 0 Å². The van der Waals surface area contributed by atoms with Crippen molar-refractivity contribution in [2.24, 2.45) is 0 Å². The van der Waals surface area contributed by atoms with Crippen molar-refractivity contribution in [3.05, 3.63) is 71.4 Å². The van der Waals surface area contributed by atoms with E-state index in [9.17, 15) is 14.7 Å². The molecule has 1 fully saturated rings. The third kappa shape index (κ3) is 3.60. The summed E-state index contributed by atoms with van der Waals surface area (Å²) in [6, 6.07) is 12.4. The summed E-state index contributed by atoms with van der Waals surface area (Å²) in [5.41, 5.74) is 1.15. The fourth-order valence-corrected chi connectivity index (χ4v) is 3.91. The topological polar surface area (TPSA) is 80.0 Å². The molecular formula is C22H23NO5. The maximum atomic E-state index is 13.0. The first kappa shape index (κ1) is 18.5. The second-order valence-corrected chi connectivity index (χ2v) is 7.18. The van der Waals surface area contributed by atoms with Gasteiger partial charge in [0.25, 0.3) is 5.91 Å². The van der Waals surface area contributed by atoms with E-state index in [2.05, 4.69) is 0 Å². The Bertz CT molecular complexity index is 866. The number of aliphatic hydroxyl groups excluding tert-OH is 1. The lowest BCUT2D eigenvalue weighted by molar-refractivity contribution is -0.131. The van der Waals surface area contributed by atoms with Crippen molar-refractivity contribution in [3.8, 4) is 0 Å². The van der Waals surface area contributed by atoms with E-state index in [1.807, 2.05) is 30.3 Å². The number of carbonyl (C=O) groups excluding carboxylic acids is 2. The number of amides is 1. The van der Waals surface area contributed by atoms with E-state index in [1.165, 1.54) is 11.2 Å². The fraction of sp³-hybridized carbons (Fsp3) is 0.364. The van der Waals surface area contributed by atoms with Gasteiger partial charge in [0, 0.05) is 19.6 Å². The third-order valence-corrected chi connectivity index (χ3v) is 5.32. The average Bonchev–Trinajstić information content (AvgIpc) is 3.46. The minimum Gasteiger partial charge on any atom is -0.503 e. The van der Waals surface area contributed by atoms with Gasteiger partial charge in [-0.05, 0) is 37.0 Å². The lowest BCUT2D eigenvalue weighted by Gasteiger charge is -2.27. The van der Waals surface area contributed by atoms with Gasteiger partial charge in [0.2, 0.25) is 0 Å². The number of nitrogens with zero attached hydrogens (tertiary/aromatic N) is 1. The molecule has 1 saturated heterocycles. The molecule has 1 amide bonds. The Hall–Kier alpha value is -2.86. The molecular weight excluding hydrogens is 358 g/mol. The average molecular weight is 381 g/mol. The number of carbonyl (C=O) groups is 2. The Morgan fingerprint density at radius 1 is 1.18 bits per heavy atom. The highest BCUT2D eigenvalue weighted by atomic mass is 16.5. The zero-order chi connectivity index (χ0) is 19.5. The molecule has 0 bridgehead atoms. The van der Waals surface area contributed by atoms with Gasteiger partial charge in [-0.1, -0.05) is 30.3 Å². The summed E-state index contributed by atoms with van der Waals surface area (Å²) in [4.78, 5) is 27.2. The number of ketones is 1. The molecule has 2 atom stereocenters. The van der Waals surface area contributed by atoms with Crippen LogP contribution in [0.15, 0.2) is 64.5 Å². The SMILES string of the molecule is O=C(CCc1ccccc1)C1=C(O)C(=O)N(CC2CCCO2)C1c1ccco1. The molecule has 2 aromatic rings. The van der Waals surface area contributed by atoms with Crippen LogP contribution in [0.2, 0.25) is 0 Å². The summed E-state index contributed by atoms with van der Waals surface area (Å²) >= 11 is 0. The molecule has 0 spiro atoms. The Balaban J connectivity index is 1.57. The van der Waals surface area contributed by atoms with Crippen LogP contribution in [-0.4, -0.2) is 41.0 Å². The number of ether oxygens (including phenoxy) is 1. The first-order valence-electron chi connectivity index (χ1n) is 9.61. The zero-order valence-corrected chi connectivity index (χ0v) is 15.5. The zero-order valence-electron chi connectivity index (χ0n) is 15.5. The highest BCUT2D eigenvalue weighted by molar-refractivity contribution is 6.08. The lowest BCUT2D eigenvalue weighted by Crippen LogP contribution is -2.37. The number of hydrogen-bond donors (Lipinski definition) is 1. The molecule has 1 aromatic carbocycles. The second kappa shape index (κ2) is 8.02. The molecule has 0 aliphatic carbocycles. The normalized spacial score (nSPS) is 22.3. The van der Waals surface area contributed by atoms with Crippen LogP contribution in [0.5, 0.6) is 0 Å². The predicted octanol–water partition coefficient (Wildman–Crippen LogP) is 3.36. The molecule has 3 heterocycles. The summed E-state index contributed by atoms with van der Waals surface area (Å²) in [7, 11) is 0. The molecule has 0 saturated carbocycles. The number of rotatable bonds is 7. The molecule has 1 N–H and O–H groups in total. The molecule has 2 unspecified atom stereocenters.